The molecule has 0 spiro atoms. The van der Waals surface area contributed by atoms with Gasteiger partial charge in [0.1, 0.15) is 5.71 Å². The van der Waals surface area contributed by atoms with Crippen LogP contribution in [0.5, 0.6) is 0 Å². The van der Waals surface area contributed by atoms with E-state index in [2.05, 4.69) is 149 Å². The van der Waals surface area contributed by atoms with Crippen LogP contribution in [0.4, 0.5) is 5.69 Å². The molecule has 7 aromatic carbocycles. The van der Waals surface area contributed by atoms with Crippen molar-refractivity contribution in [1.29, 1.82) is 5.41 Å². The van der Waals surface area contributed by atoms with Crippen molar-refractivity contribution in [2.75, 3.05) is 5.43 Å². The van der Waals surface area contributed by atoms with E-state index in [0.717, 1.165) is 38.9 Å². The number of hydrazone groups is 1. The summed E-state index contributed by atoms with van der Waals surface area (Å²) < 4.78 is 0. The first-order valence-electron chi connectivity index (χ1n) is 17.1. The molecule has 0 atom stereocenters. The number of allylic oxidation sites excluding steroid dienone is 4. The fourth-order valence-corrected chi connectivity index (χ4v) is 7.09. The highest BCUT2D eigenvalue weighted by atomic mass is 15.3. The summed E-state index contributed by atoms with van der Waals surface area (Å²) in [6.07, 6.45) is 7.78. The molecule has 9 rings (SSSR count). The molecule has 51 heavy (non-hydrogen) atoms. The van der Waals surface area contributed by atoms with Gasteiger partial charge in [-0.1, -0.05) is 133 Å². The van der Waals surface area contributed by atoms with Crippen molar-refractivity contribution < 1.29 is 0 Å². The molecule has 0 bridgehead atoms. The van der Waals surface area contributed by atoms with Gasteiger partial charge in [0.15, 0.2) is 0 Å². The molecule has 0 fully saturated rings. The van der Waals surface area contributed by atoms with Crippen molar-refractivity contribution in [3.05, 3.63) is 188 Å². The summed E-state index contributed by atoms with van der Waals surface area (Å²) in [5, 5.41) is 19.4. The maximum Gasteiger partial charge on any atom is 0.108 e. The number of fused-ring (bicyclic) bond motifs is 3. The third-order valence-electron chi connectivity index (χ3n) is 9.59. The Kier molecular flexibility index (Phi) is 7.60. The largest absolute Gasteiger partial charge is 0.299 e. The van der Waals surface area contributed by atoms with Crippen LogP contribution >= 0.6 is 0 Å². The van der Waals surface area contributed by atoms with Gasteiger partial charge in [-0.25, -0.2) is 0 Å². The van der Waals surface area contributed by atoms with Crippen LogP contribution in [0.3, 0.4) is 0 Å². The Morgan fingerprint density at radius 1 is 0.490 bits per heavy atom. The third-order valence-corrected chi connectivity index (χ3v) is 9.59. The number of hydrogen-bond donors (Lipinski definition) is 2. The lowest BCUT2D eigenvalue weighted by Gasteiger charge is -2.19. The fourth-order valence-electron chi connectivity index (χ4n) is 7.09. The minimum atomic E-state index is 0.353. The Morgan fingerprint density at radius 3 is 1.80 bits per heavy atom. The van der Waals surface area contributed by atoms with E-state index in [4.69, 9.17) is 5.41 Å². The zero-order chi connectivity index (χ0) is 34.1. The number of nitrogens with one attached hydrogen (secondary N) is 2. The molecule has 240 valence electrons. The predicted molar refractivity (Wildman–Crippen MR) is 215 cm³/mol. The Labute approximate surface area is 296 Å². The standard InChI is InChI=1S/C47H32N4/c48-43-29-35(22-26-45(43)51-50-38-23-19-31(20-24-38)37-27-36-15-7-10-18-44(36)49-30-37)34-21-25-41-42(28-34)47(33-13-5-2-6-14-33)40-17-9-8-16-39(40)46(41)32-11-3-1-4-12-32/h1-30,48,50H/b48-43?,51-45-. The van der Waals surface area contributed by atoms with E-state index in [9.17, 15) is 0 Å². The van der Waals surface area contributed by atoms with Gasteiger partial charge in [-0.2, -0.15) is 5.10 Å². The maximum atomic E-state index is 8.89. The molecule has 0 aliphatic heterocycles. The number of aromatic nitrogens is 1. The second-order valence-electron chi connectivity index (χ2n) is 12.7. The van der Waals surface area contributed by atoms with Gasteiger partial charge in [0, 0.05) is 17.1 Å². The topological polar surface area (TPSA) is 61.1 Å². The molecule has 0 radical (unpaired) electrons. The molecule has 8 aromatic rings. The summed E-state index contributed by atoms with van der Waals surface area (Å²) in [6, 6.07) is 55.1. The second-order valence-corrected chi connectivity index (χ2v) is 12.7. The number of anilines is 1. The molecule has 2 N–H and O–H groups in total. The monoisotopic (exact) mass is 652 g/mol. The lowest BCUT2D eigenvalue weighted by Crippen LogP contribution is -2.13. The summed E-state index contributed by atoms with van der Waals surface area (Å²) in [5.41, 5.74) is 14.9. The highest BCUT2D eigenvalue weighted by Gasteiger charge is 2.18. The van der Waals surface area contributed by atoms with Gasteiger partial charge in [0.25, 0.3) is 0 Å². The molecule has 0 saturated heterocycles. The quantitative estimate of drug-likeness (QED) is 0.107. The van der Waals surface area contributed by atoms with Crippen LogP contribution in [0.25, 0.3) is 71.4 Å². The number of nitrogens with zero attached hydrogens (tertiary/aromatic N) is 2. The smallest absolute Gasteiger partial charge is 0.108 e. The Morgan fingerprint density at radius 2 is 1.10 bits per heavy atom. The summed E-state index contributed by atoms with van der Waals surface area (Å²) in [7, 11) is 0. The minimum Gasteiger partial charge on any atom is -0.299 e. The SMILES string of the molecule is N=C1C=C(c2ccc3c(-c4ccccc4)c4ccccc4c(-c4ccccc4)c3c2)C=C/C1=N/Nc1ccc(-c2cnc3ccccc3c2)cc1. The van der Waals surface area contributed by atoms with Crippen molar-refractivity contribution in [2.24, 2.45) is 5.10 Å². The number of hydrogen-bond acceptors (Lipinski definition) is 4. The van der Waals surface area contributed by atoms with Gasteiger partial charge >= 0.3 is 0 Å². The zero-order valence-electron chi connectivity index (χ0n) is 27.7. The second kappa shape index (κ2) is 12.8. The van der Waals surface area contributed by atoms with Gasteiger partial charge in [0.05, 0.1) is 16.9 Å². The fraction of sp³-hybridized carbons (Fsp3) is 0. The van der Waals surface area contributed by atoms with Crippen LogP contribution < -0.4 is 5.43 Å². The molecule has 1 aliphatic carbocycles. The van der Waals surface area contributed by atoms with Gasteiger partial charge in [0.2, 0.25) is 0 Å². The summed E-state index contributed by atoms with van der Waals surface area (Å²) in [5.74, 6) is 0. The van der Waals surface area contributed by atoms with Crippen molar-refractivity contribution in [2.45, 2.75) is 0 Å². The zero-order valence-corrected chi connectivity index (χ0v) is 27.7. The average molecular weight is 653 g/mol. The van der Waals surface area contributed by atoms with E-state index >= 15 is 0 Å². The van der Waals surface area contributed by atoms with E-state index in [1.165, 1.54) is 43.8 Å². The number of benzene rings is 7. The van der Waals surface area contributed by atoms with E-state index in [0.29, 0.717) is 11.4 Å². The van der Waals surface area contributed by atoms with E-state index in [1.807, 2.05) is 48.7 Å². The van der Waals surface area contributed by atoms with Crippen LogP contribution in [0.15, 0.2) is 187 Å². The molecule has 1 aliphatic rings. The molecule has 4 heteroatoms. The first-order chi connectivity index (χ1) is 25.2. The summed E-state index contributed by atoms with van der Waals surface area (Å²) in [6.45, 7) is 0. The third kappa shape index (κ3) is 5.69. The molecule has 1 heterocycles. The molecule has 0 saturated carbocycles. The predicted octanol–water partition coefficient (Wildman–Crippen LogP) is 12.0. The maximum absolute atomic E-state index is 8.89. The Balaban J connectivity index is 1.04. The van der Waals surface area contributed by atoms with Gasteiger partial charge in [-0.05, 0) is 103 Å². The molecular weight excluding hydrogens is 621 g/mol. The van der Waals surface area contributed by atoms with Crippen molar-refractivity contribution in [3.63, 3.8) is 0 Å². The number of para-hydroxylation sites is 1. The van der Waals surface area contributed by atoms with Crippen LogP contribution in [0, 0.1) is 5.41 Å². The number of rotatable bonds is 6. The van der Waals surface area contributed by atoms with Crippen molar-refractivity contribution in [3.8, 4) is 33.4 Å². The Bertz CT molecular complexity index is 2710. The van der Waals surface area contributed by atoms with Gasteiger partial charge in [-0.15, -0.1) is 0 Å². The van der Waals surface area contributed by atoms with E-state index < -0.39 is 0 Å². The first kappa shape index (κ1) is 30.2. The van der Waals surface area contributed by atoms with E-state index in [-0.39, 0.29) is 0 Å². The van der Waals surface area contributed by atoms with E-state index in [1.54, 1.807) is 0 Å². The van der Waals surface area contributed by atoms with Crippen LogP contribution in [0.1, 0.15) is 5.56 Å². The van der Waals surface area contributed by atoms with Crippen LogP contribution in [0.2, 0.25) is 0 Å². The minimum absolute atomic E-state index is 0.353. The first-order valence-corrected chi connectivity index (χ1v) is 17.1. The van der Waals surface area contributed by atoms with Crippen molar-refractivity contribution >= 4 is 55.1 Å². The Hall–Kier alpha value is -6.91. The normalized spacial score (nSPS) is 13.6. The van der Waals surface area contributed by atoms with Crippen molar-refractivity contribution in [1.82, 2.24) is 4.98 Å². The van der Waals surface area contributed by atoms with Crippen LogP contribution in [-0.4, -0.2) is 16.4 Å². The lowest BCUT2D eigenvalue weighted by atomic mass is 9.84. The number of pyridine rings is 1. The molecule has 0 amide bonds. The lowest BCUT2D eigenvalue weighted by molar-refractivity contribution is 1.34. The summed E-state index contributed by atoms with van der Waals surface area (Å²) >= 11 is 0. The highest BCUT2D eigenvalue weighted by Crippen LogP contribution is 2.44. The highest BCUT2D eigenvalue weighted by molar-refractivity contribution is 6.51. The molecule has 1 aromatic heterocycles. The van der Waals surface area contributed by atoms with Gasteiger partial charge in [-0.3, -0.25) is 15.8 Å². The molecule has 0 unspecified atom stereocenters. The molecular formula is C47H32N4. The van der Waals surface area contributed by atoms with Gasteiger partial charge < -0.3 is 0 Å². The van der Waals surface area contributed by atoms with Crippen LogP contribution in [-0.2, 0) is 0 Å². The summed E-state index contributed by atoms with van der Waals surface area (Å²) in [4.78, 5) is 4.60. The average Bonchev–Trinajstić information content (AvgIpc) is 3.20. The molecule has 4 nitrogen and oxygen atoms in total.